The third-order valence-corrected chi connectivity index (χ3v) is 3.08. The first-order valence-electron chi connectivity index (χ1n) is 5.10. The van der Waals surface area contributed by atoms with E-state index in [1.165, 1.54) is 0 Å². The number of rotatable bonds is 2. The number of hydrogen-bond donors (Lipinski definition) is 2. The van der Waals surface area contributed by atoms with Crippen LogP contribution in [0.1, 0.15) is 21.7 Å². The fourth-order valence-corrected chi connectivity index (χ4v) is 1.57. The molecule has 1 aliphatic rings. The molecule has 1 fully saturated rings. The lowest BCUT2D eigenvalue weighted by atomic mass is 10.1. The molecule has 5 nitrogen and oxygen atoms in total. The van der Waals surface area contributed by atoms with E-state index in [0.717, 1.165) is 24.3 Å². The molecule has 0 aliphatic carbocycles. The van der Waals surface area contributed by atoms with Gasteiger partial charge in [0.15, 0.2) is 5.69 Å². The molecule has 0 bridgehead atoms. The van der Waals surface area contributed by atoms with Crippen LogP contribution in [0.4, 0.5) is 0 Å². The molecule has 2 heterocycles. The average Bonchev–Trinajstić information content (AvgIpc) is 2.44. The monoisotopic (exact) mass is 244 g/mol. The summed E-state index contributed by atoms with van der Waals surface area (Å²) in [5.74, 6) is 0.00310. The van der Waals surface area contributed by atoms with Crippen LogP contribution in [0.15, 0.2) is 0 Å². The quantitative estimate of drug-likeness (QED) is 0.796. The Labute approximate surface area is 101 Å². The Morgan fingerprint density at radius 2 is 2.06 bits per heavy atom. The molecule has 2 rings (SSSR count). The minimum Gasteiger partial charge on any atom is -0.335 e. The second kappa shape index (κ2) is 4.84. The Hall–Kier alpha value is -1.07. The van der Waals surface area contributed by atoms with Crippen molar-refractivity contribution in [2.45, 2.75) is 19.9 Å². The van der Waals surface area contributed by atoms with E-state index in [2.05, 4.69) is 15.5 Å². The number of hydrogen-bond acceptors (Lipinski definition) is 3. The zero-order valence-corrected chi connectivity index (χ0v) is 10.5. The molecule has 1 aromatic rings. The third-order valence-electron chi connectivity index (χ3n) is 3.08. The summed E-state index contributed by atoms with van der Waals surface area (Å²) in [6.07, 6.45) is 0. The molecule has 0 spiro atoms. The van der Waals surface area contributed by atoms with Gasteiger partial charge in [0.2, 0.25) is 0 Å². The molecule has 0 unspecified atom stereocenters. The number of halogens is 1. The summed E-state index contributed by atoms with van der Waals surface area (Å²) in [6.45, 7) is 5.60. The number of likely N-dealkylation sites (N-methyl/N-ethyl adjacent to an activating group) is 1. The van der Waals surface area contributed by atoms with Crippen molar-refractivity contribution in [2.24, 2.45) is 0 Å². The smallest absolute Gasteiger partial charge is 0.274 e. The summed E-state index contributed by atoms with van der Waals surface area (Å²) < 4.78 is 0. The molecule has 16 heavy (non-hydrogen) atoms. The molecule has 2 N–H and O–H groups in total. The maximum Gasteiger partial charge on any atom is 0.274 e. The SMILES string of the molecule is Cc1[nH]nc(C(=O)N(C)C2CNC2)c1C.Cl. The Kier molecular flexibility index (Phi) is 3.93. The normalized spacial score (nSPS) is 15.2. The van der Waals surface area contributed by atoms with E-state index in [1.807, 2.05) is 20.9 Å². The Balaban J connectivity index is 0.00000128. The van der Waals surface area contributed by atoms with E-state index in [0.29, 0.717) is 11.7 Å². The van der Waals surface area contributed by atoms with Crippen molar-refractivity contribution < 1.29 is 4.79 Å². The average molecular weight is 245 g/mol. The van der Waals surface area contributed by atoms with Crippen LogP contribution in [0, 0.1) is 13.8 Å². The van der Waals surface area contributed by atoms with Gasteiger partial charge in [-0.15, -0.1) is 12.4 Å². The number of nitrogens with zero attached hydrogens (tertiary/aromatic N) is 2. The number of carbonyl (C=O) groups excluding carboxylic acids is 1. The standard InChI is InChI=1S/C10H16N4O.ClH/c1-6-7(2)12-13-9(6)10(15)14(3)8-4-11-5-8;/h8,11H,4-5H2,1-3H3,(H,12,13);1H. The highest BCUT2D eigenvalue weighted by atomic mass is 35.5. The number of carbonyl (C=O) groups is 1. The van der Waals surface area contributed by atoms with Gasteiger partial charge in [-0.25, -0.2) is 0 Å². The van der Waals surface area contributed by atoms with E-state index in [4.69, 9.17) is 0 Å². The van der Waals surface area contributed by atoms with Gasteiger partial charge in [0, 0.05) is 31.4 Å². The molecular formula is C10H17ClN4O. The largest absolute Gasteiger partial charge is 0.335 e. The molecule has 0 radical (unpaired) electrons. The summed E-state index contributed by atoms with van der Waals surface area (Å²) in [5, 5.41) is 10.0. The van der Waals surface area contributed by atoms with Crippen LogP contribution < -0.4 is 5.32 Å². The lowest BCUT2D eigenvalue weighted by Gasteiger charge is -2.35. The minimum absolute atomic E-state index is 0. The van der Waals surface area contributed by atoms with Gasteiger partial charge in [-0.3, -0.25) is 9.89 Å². The fraction of sp³-hybridized carbons (Fsp3) is 0.600. The highest BCUT2D eigenvalue weighted by Gasteiger charge is 2.28. The molecule has 1 amide bonds. The van der Waals surface area contributed by atoms with Crippen molar-refractivity contribution in [3.8, 4) is 0 Å². The maximum atomic E-state index is 12.0. The molecular weight excluding hydrogens is 228 g/mol. The third kappa shape index (κ3) is 2.05. The van der Waals surface area contributed by atoms with Gasteiger partial charge < -0.3 is 10.2 Å². The number of aromatic nitrogens is 2. The summed E-state index contributed by atoms with van der Waals surface area (Å²) >= 11 is 0. The Morgan fingerprint density at radius 3 is 2.44 bits per heavy atom. The van der Waals surface area contributed by atoms with Crippen LogP contribution in [0.2, 0.25) is 0 Å². The number of amides is 1. The van der Waals surface area contributed by atoms with E-state index in [9.17, 15) is 4.79 Å². The van der Waals surface area contributed by atoms with Crippen LogP contribution in [0.3, 0.4) is 0 Å². The van der Waals surface area contributed by atoms with Crippen LogP contribution >= 0.6 is 12.4 Å². The van der Waals surface area contributed by atoms with Crippen molar-refractivity contribution in [3.05, 3.63) is 17.0 Å². The topological polar surface area (TPSA) is 61.0 Å². The van der Waals surface area contributed by atoms with Gasteiger partial charge in [0.25, 0.3) is 5.91 Å². The summed E-state index contributed by atoms with van der Waals surface area (Å²) in [7, 11) is 1.83. The Bertz CT molecular complexity index is 386. The summed E-state index contributed by atoms with van der Waals surface area (Å²) in [6, 6.07) is 0.314. The van der Waals surface area contributed by atoms with Gasteiger partial charge in [-0.1, -0.05) is 0 Å². The molecule has 0 saturated carbocycles. The highest BCUT2D eigenvalue weighted by Crippen LogP contribution is 2.13. The van der Waals surface area contributed by atoms with E-state index in [1.54, 1.807) is 4.90 Å². The van der Waals surface area contributed by atoms with Crippen molar-refractivity contribution in [3.63, 3.8) is 0 Å². The van der Waals surface area contributed by atoms with Gasteiger partial charge >= 0.3 is 0 Å². The van der Waals surface area contributed by atoms with E-state index in [-0.39, 0.29) is 18.3 Å². The highest BCUT2D eigenvalue weighted by molar-refractivity contribution is 5.94. The minimum atomic E-state index is 0. The number of aromatic amines is 1. The first kappa shape index (κ1) is 13.0. The molecule has 0 aromatic carbocycles. The van der Waals surface area contributed by atoms with Gasteiger partial charge in [0.1, 0.15) is 0 Å². The summed E-state index contributed by atoms with van der Waals surface area (Å²) in [4.78, 5) is 13.8. The number of aryl methyl sites for hydroxylation is 1. The van der Waals surface area contributed by atoms with Crippen LogP contribution in [-0.4, -0.2) is 47.2 Å². The van der Waals surface area contributed by atoms with Crippen LogP contribution in [0.5, 0.6) is 0 Å². The van der Waals surface area contributed by atoms with E-state index >= 15 is 0 Å². The predicted octanol–water partition coefficient (Wildman–Crippen LogP) is 0.492. The second-order valence-electron chi connectivity index (χ2n) is 4.05. The second-order valence-corrected chi connectivity index (χ2v) is 4.05. The van der Waals surface area contributed by atoms with Crippen molar-refractivity contribution in [2.75, 3.05) is 20.1 Å². The van der Waals surface area contributed by atoms with Crippen LogP contribution in [0.25, 0.3) is 0 Å². The van der Waals surface area contributed by atoms with Gasteiger partial charge in [0.05, 0.1) is 6.04 Å². The predicted molar refractivity (Wildman–Crippen MR) is 64.1 cm³/mol. The lowest BCUT2D eigenvalue weighted by Crippen LogP contribution is -2.57. The van der Waals surface area contributed by atoms with Gasteiger partial charge in [-0.05, 0) is 13.8 Å². The maximum absolute atomic E-state index is 12.0. The summed E-state index contributed by atoms with van der Waals surface area (Å²) in [5.41, 5.74) is 2.44. The van der Waals surface area contributed by atoms with Crippen molar-refractivity contribution >= 4 is 18.3 Å². The molecule has 1 aromatic heterocycles. The van der Waals surface area contributed by atoms with Gasteiger partial charge in [-0.2, -0.15) is 5.10 Å². The van der Waals surface area contributed by atoms with Crippen molar-refractivity contribution in [1.29, 1.82) is 0 Å². The molecule has 90 valence electrons. The van der Waals surface area contributed by atoms with Crippen LogP contribution in [-0.2, 0) is 0 Å². The molecule has 1 saturated heterocycles. The van der Waals surface area contributed by atoms with E-state index < -0.39 is 0 Å². The zero-order chi connectivity index (χ0) is 11.0. The molecule has 6 heteroatoms. The fourth-order valence-electron chi connectivity index (χ4n) is 1.57. The van der Waals surface area contributed by atoms with Crippen molar-refractivity contribution in [1.82, 2.24) is 20.4 Å². The zero-order valence-electron chi connectivity index (χ0n) is 9.70. The lowest BCUT2D eigenvalue weighted by molar-refractivity contribution is 0.0674. The molecule has 1 aliphatic heterocycles. The first-order valence-corrected chi connectivity index (χ1v) is 5.10. The molecule has 0 atom stereocenters. The number of H-pyrrole nitrogens is 1. The first-order chi connectivity index (χ1) is 7.11. The Morgan fingerprint density at radius 1 is 1.44 bits per heavy atom. The number of nitrogens with one attached hydrogen (secondary N) is 2.